The van der Waals surface area contributed by atoms with Crippen LogP contribution < -0.4 is 10.1 Å². The van der Waals surface area contributed by atoms with Crippen molar-refractivity contribution in [1.82, 2.24) is 5.32 Å². The average Bonchev–Trinajstić information content (AvgIpc) is 2.71. The molecule has 0 radical (unpaired) electrons. The van der Waals surface area contributed by atoms with E-state index in [1.807, 2.05) is 31.3 Å². The number of allylic oxidation sites excluding steroid dienone is 3. The van der Waals surface area contributed by atoms with Crippen molar-refractivity contribution >= 4 is 0 Å². The van der Waals surface area contributed by atoms with E-state index < -0.39 is 5.60 Å². The molecule has 156 valence electrons. The summed E-state index contributed by atoms with van der Waals surface area (Å²) in [5, 5.41) is 15.0. The van der Waals surface area contributed by atoms with Crippen molar-refractivity contribution in [3.8, 4) is 5.75 Å². The highest BCUT2D eigenvalue weighted by Crippen LogP contribution is 2.42. The number of nitrogens with one attached hydrogen (secondary N) is 1. The van der Waals surface area contributed by atoms with Crippen molar-refractivity contribution in [3.63, 3.8) is 0 Å². The van der Waals surface area contributed by atoms with Gasteiger partial charge in [0.25, 0.3) is 0 Å². The molecule has 2 N–H and O–H groups in total. The van der Waals surface area contributed by atoms with Crippen molar-refractivity contribution < 1.29 is 14.6 Å². The van der Waals surface area contributed by atoms with Crippen LogP contribution in [0.25, 0.3) is 0 Å². The number of methoxy groups -OCH3 is 1. The zero-order valence-corrected chi connectivity index (χ0v) is 17.7. The van der Waals surface area contributed by atoms with Crippen molar-refractivity contribution in [2.24, 2.45) is 5.92 Å². The molecule has 0 bridgehead atoms. The van der Waals surface area contributed by atoms with Crippen LogP contribution in [0.2, 0.25) is 0 Å². The third-order valence-corrected chi connectivity index (χ3v) is 5.10. The van der Waals surface area contributed by atoms with Gasteiger partial charge in [0.05, 0.1) is 5.60 Å². The molecule has 1 aromatic rings. The molecule has 0 saturated heterocycles. The van der Waals surface area contributed by atoms with Gasteiger partial charge in [0.2, 0.25) is 0 Å². The Labute approximate surface area is 171 Å². The Bertz CT molecular complexity index is 626. The number of rotatable bonds is 15. The van der Waals surface area contributed by atoms with E-state index in [9.17, 15) is 5.11 Å². The van der Waals surface area contributed by atoms with Gasteiger partial charge in [-0.2, -0.15) is 0 Å². The standard InChI is InChI=1S/C24H37NO3/c1-6-13-21(7-2)28-23-16-9-8-15-22(23)24(26,17-10-11-19-27-5)20(3)14-12-18-25-4/h6-9,13,15-16,20,25-26H,1-2,10-12,14,17-19H2,3-5H3/b21-13+/t20-,24-/m0/s1. The van der Waals surface area contributed by atoms with Gasteiger partial charge >= 0.3 is 0 Å². The molecule has 0 aliphatic carbocycles. The third kappa shape index (κ3) is 7.27. The van der Waals surface area contributed by atoms with Crippen LogP contribution in [0.3, 0.4) is 0 Å². The van der Waals surface area contributed by atoms with Crippen LogP contribution in [-0.4, -0.2) is 32.4 Å². The molecule has 0 fully saturated rings. The summed E-state index contributed by atoms with van der Waals surface area (Å²) >= 11 is 0. The smallest absolute Gasteiger partial charge is 0.133 e. The maximum Gasteiger partial charge on any atom is 0.133 e. The summed E-state index contributed by atoms with van der Waals surface area (Å²) in [5.74, 6) is 1.35. The Balaban J connectivity index is 3.19. The molecule has 0 aliphatic heterocycles. The Hall–Kier alpha value is -1.88. The lowest BCUT2D eigenvalue weighted by Crippen LogP contribution is -2.34. The predicted octanol–water partition coefficient (Wildman–Crippen LogP) is 4.96. The lowest BCUT2D eigenvalue weighted by molar-refractivity contribution is -0.0335. The first-order valence-corrected chi connectivity index (χ1v) is 10.1. The second-order valence-electron chi connectivity index (χ2n) is 7.13. The highest BCUT2D eigenvalue weighted by molar-refractivity contribution is 5.40. The summed E-state index contributed by atoms with van der Waals surface area (Å²) in [6.07, 6.45) is 9.46. The fourth-order valence-electron chi connectivity index (χ4n) is 3.41. The lowest BCUT2D eigenvalue weighted by Gasteiger charge is -2.36. The Morgan fingerprint density at radius 3 is 2.64 bits per heavy atom. The molecule has 28 heavy (non-hydrogen) atoms. The molecule has 2 atom stereocenters. The van der Waals surface area contributed by atoms with E-state index in [1.54, 1.807) is 25.3 Å². The third-order valence-electron chi connectivity index (χ3n) is 5.10. The first kappa shape index (κ1) is 24.2. The van der Waals surface area contributed by atoms with E-state index in [4.69, 9.17) is 9.47 Å². The molecule has 4 heteroatoms. The maximum absolute atomic E-state index is 11.8. The highest BCUT2D eigenvalue weighted by atomic mass is 16.5. The number of benzene rings is 1. The van der Waals surface area contributed by atoms with Crippen LogP contribution in [-0.2, 0) is 10.3 Å². The van der Waals surface area contributed by atoms with Crippen molar-refractivity contribution in [1.29, 1.82) is 0 Å². The van der Waals surface area contributed by atoms with Crippen LogP contribution in [0.1, 0.15) is 44.6 Å². The van der Waals surface area contributed by atoms with Crippen LogP contribution in [0, 0.1) is 5.92 Å². The number of unbranched alkanes of at least 4 members (excludes halogenated alkanes) is 1. The molecule has 0 spiro atoms. The van der Waals surface area contributed by atoms with Gasteiger partial charge in [-0.1, -0.05) is 44.4 Å². The molecule has 0 aromatic heterocycles. The summed E-state index contributed by atoms with van der Waals surface area (Å²) < 4.78 is 11.2. The maximum atomic E-state index is 11.8. The minimum absolute atomic E-state index is 0.0868. The van der Waals surface area contributed by atoms with Crippen molar-refractivity contribution in [2.75, 3.05) is 27.3 Å². The topological polar surface area (TPSA) is 50.7 Å². The van der Waals surface area contributed by atoms with Gasteiger partial charge in [0.1, 0.15) is 11.5 Å². The van der Waals surface area contributed by atoms with Gasteiger partial charge < -0.3 is 19.9 Å². The highest BCUT2D eigenvalue weighted by Gasteiger charge is 2.37. The fourth-order valence-corrected chi connectivity index (χ4v) is 3.41. The molecule has 0 amide bonds. The lowest BCUT2D eigenvalue weighted by atomic mass is 9.76. The summed E-state index contributed by atoms with van der Waals surface area (Å²) in [7, 11) is 3.66. The molecule has 0 saturated carbocycles. The van der Waals surface area contributed by atoms with Gasteiger partial charge in [-0.15, -0.1) is 0 Å². The van der Waals surface area contributed by atoms with Gasteiger partial charge in [0.15, 0.2) is 0 Å². The van der Waals surface area contributed by atoms with Crippen LogP contribution in [0.15, 0.2) is 61.4 Å². The zero-order valence-electron chi connectivity index (χ0n) is 17.7. The van der Waals surface area contributed by atoms with Gasteiger partial charge in [-0.25, -0.2) is 0 Å². The minimum atomic E-state index is -0.974. The van der Waals surface area contributed by atoms with E-state index >= 15 is 0 Å². The first-order valence-electron chi connectivity index (χ1n) is 10.1. The molecule has 0 aliphatic rings. The fraction of sp³-hybridized carbons (Fsp3) is 0.500. The SMILES string of the molecule is C=C/C=C(\C=C)Oc1ccccc1[C@](O)(CCCCOC)[C@@H](C)CCCNC. The zero-order chi connectivity index (χ0) is 20.8. The molecule has 1 rings (SSSR count). The van der Waals surface area contributed by atoms with Gasteiger partial charge in [-0.05, 0) is 69.8 Å². The quantitative estimate of drug-likeness (QED) is 0.254. The summed E-state index contributed by atoms with van der Waals surface area (Å²) in [6, 6.07) is 7.74. The minimum Gasteiger partial charge on any atom is -0.457 e. The first-order chi connectivity index (χ1) is 13.5. The molecule has 1 aromatic carbocycles. The summed E-state index contributed by atoms with van der Waals surface area (Å²) in [6.45, 7) is 11.3. The number of ether oxygens (including phenoxy) is 2. The van der Waals surface area contributed by atoms with Crippen molar-refractivity contribution in [2.45, 2.75) is 44.6 Å². The summed E-state index contributed by atoms with van der Waals surface area (Å²) in [5.41, 5.74) is -0.153. The Kier molecular flexibility index (Phi) is 11.5. The van der Waals surface area contributed by atoms with Crippen LogP contribution in [0.5, 0.6) is 5.75 Å². The van der Waals surface area contributed by atoms with E-state index in [0.717, 1.165) is 37.8 Å². The molecular formula is C24H37NO3. The number of aliphatic hydroxyl groups is 1. The monoisotopic (exact) mass is 387 g/mol. The van der Waals surface area contributed by atoms with E-state index in [1.165, 1.54) is 0 Å². The molecule has 0 unspecified atom stereocenters. The second kappa shape index (κ2) is 13.3. The second-order valence-corrected chi connectivity index (χ2v) is 7.13. The molecular weight excluding hydrogens is 350 g/mol. The summed E-state index contributed by atoms with van der Waals surface area (Å²) in [4.78, 5) is 0. The normalized spacial score (nSPS) is 14.9. The van der Waals surface area contributed by atoms with Crippen LogP contribution in [0.4, 0.5) is 0 Å². The van der Waals surface area contributed by atoms with Gasteiger partial charge in [-0.3, -0.25) is 0 Å². The van der Waals surface area contributed by atoms with E-state index in [-0.39, 0.29) is 5.92 Å². The van der Waals surface area contributed by atoms with Crippen LogP contribution >= 0.6 is 0 Å². The predicted molar refractivity (Wildman–Crippen MR) is 117 cm³/mol. The molecule has 4 nitrogen and oxygen atoms in total. The number of hydrogen-bond donors (Lipinski definition) is 2. The Morgan fingerprint density at radius 2 is 2.00 bits per heavy atom. The Morgan fingerprint density at radius 1 is 1.25 bits per heavy atom. The molecule has 0 heterocycles. The van der Waals surface area contributed by atoms with E-state index in [0.29, 0.717) is 24.5 Å². The van der Waals surface area contributed by atoms with E-state index in [2.05, 4.69) is 25.4 Å². The largest absolute Gasteiger partial charge is 0.457 e. The number of hydrogen-bond acceptors (Lipinski definition) is 4. The van der Waals surface area contributed by atoms with Gasteiger partial charge in [0, 0.05) is 19.3 Å². The van der Waals surface area contributed by atoms with Crippen molar-refractivity contribution in [3.05, 3.63) is 67.0 Å². The number of para-hydroxylation sites is 1. The average molecular weight is 388 g/mol.